The summed E-state index contributed by atoms with van der Waals surface area (Å²) in [6.45, 7) is 10.7. The summed E-state index contributed by atoms with van der Waals surface area (Å²) in [5.74, 6) is 0.691. The molecule has 1 saturated heterocycles. The Balaban J connectivity index is 2.38. The summed E-state index contributed by atoms with van der Waals surface area (Å²) in [4.78, 5) is 2.51. The van der Waals surface area contributed by atoms with Gasteiger partial charge >= 0.3 is 0 Å². The van der Waals surface area contributed by atoms with E-state index < -0.39 is 0 Å². The van der Waals surface area contributed by atoms with E-state index in [9.17, 15) is 5.11 Å². The first-order valence-electron chi connectivity index (χ1n) is 5.74. The molecule has 84 valence electrons. The van der Waals surface area contributed by atoms with Crippen LogP contribution < -0.4 is 5.32 Å². The summed E-state index contributed by atoms with van der Waals surface area (Å²) in [6.07, 6.45) is 0.723. The van der Waals surface area contributed by atoms with Crippen molar-refractivity contribution < 1.29 is 5.11 Å². The van der Waals surface area contributed by atoms with Crippen LogP contribution in [0.25, 0.3) is 0 Å². The number of aliphatic hydroxyl groups is 1. The van der Waals surface area contributed by atoms with Gasteiger partial charge in [-0.25, -0.2) is 0 Å². The molecule has 2 unspecified atom stereocenters. The van der Waals surface area contributed by atoms with Crippen LogP contribution in [0.15, 0.2) is 0 Å². The second-order valence-corrected chi connectivity index (χ2v) is 4.69. The third-order valence-electron chi connectivity index (χ3n) is 3.00. The quantitative estimate of drug-likeness (QED) is 0.701. The van der Waals surface area contributed by atoms with Crippen LogP contribution in [0.2, 0.25) is 0 Å². The fourth-order valence-electron chi connectivity index (χ4n) is 2.06. The van der Waals surface area contributed by atoms with E-state index in [0.717, 1.165) is 32.6 Å². The van der Waals surface area contributed by atoms with E-state index in [0.29, 0.717) is 12.0 Å². The highest BCUT2D eigenvalue weighted by molar-refractivity contribution is 4.82. The number of hydrogen-bond donors (Lipinski definition) is 2. The minimum atomic E-state index is -0.169. The lowest BCUT2D eigenvalue weighted by Gasteiger charge is -2.38. The first-order valence-corrected chi connectivity index (χ1v) is 5.74. The molecule has 1 fully saturated rings. The van der Waals surface area contributed by atoms with Crippen molar-refractivity contribution in [1.29, 1.82) is 0 Å². The minimum Gasteiger partial charge on any atom is -0.393 e. The van der Waals surface area contributed by atoms with Crippen LogP contribution in [-0.2, 0) is 0 Å². The SMILES string of the molecule is CC(O)CCN1CCNCC1C(C)C. The van der Waals surface area contributed by atoms with E-state index in [1.54, 1.807) is 0 Å². The molecule has 0 amide bonds. The number of nitrogens with one attached hydrogen (secondary N) is 1. The lowest BCUT2D eigenvalue weighted by atomic mass is 10.00. The molecule has 1 aliphatic rings. The van der Waals surface area contributed by atoms with E-state index in [2.05, 4.69) is 24.1 Å². The van der Waals surface area contributed by atoms with Gasteiger partial charge < -0.3 is 10.4 Å². The number of aliphatic hydroxyl groups excluding tert-OH is 1. The van der Waals surface area contributed by atoms with Crippen LogP contribution in [0.3, 0.4) is 0 Å². The molecule has 0 saturated carbocycles. The molecular weight excluding hydrogens is 176 g/mol. The zero-order chi connectivity index (χ0) is 10.6. The molecular formula is C11H24N2O. The average molecular weight is 200 g/mol. The van der Waals surface area contributed by atoms with Gasteiger partial charge in [0.15, 0.2) is 0 Å². The van der Waals surface area contributed by atoms with Crippen LogP contribution in [-0.4, -0.2) is 48.3 Å². The number of nitrogens with zero attached hydrogens (tertiary/aromatic N) is 1. The summed E-state index contributed by atoms with van der Waals surface area (Å²) in [6, 6.07) is 0.641. The molecule has 14 heavy (non-hydrogen) atoms. The number of piperazine rings is 1. The Labute approximate surface area is 87.5 Å². The maximum atomic E-state index is 9.27. The van der Waals surface area contributed by atoms with E-state index in [1.807, 2.05) is 6.92 Å². The molecule has 0 bridgehead atoms. The highest BCUT2D eigenvalue weighted by Crippen LogP contribution is 2.13. The van der Waals surface area contributed by atoms with Crippen molar-refractivity contribution in [2.24, 2.45) is 5.92 Å². The first-order chi connectivity index (χ1) is 6.61. The fourth-order valence-corrected chi connectivity index (χ4v) is 2.06. The van der Waals surface area contributed by atoms with Crippen molar-refractivity contribution in [3.05, 3.63) is 0 Å². The van der Waals surface area contributed by atoms with Gasteiger partial charge in [0.25, 0.3) is 0 Å². The van der Waals surface area contributed by atoms with Crippen LogP contribution in [0, 0.1) is 5.92 Å². The largest absolute Gasteiger partial charge is 0.393 e. The summed E-state index contributed by atoms with van der Waals surface area (Å²) in [5, 5.41) is 12.7. The second-order valence-electron chi connectivity index (χ2n) is 4.69. The zero-order valence-electron chi connectivity index (χ0n) is 9.66. The van der Waals surface area contributed by atoms with Crippen LogP contribution in [0.4, 0.5) is 0 Å². The monoisotopic (exact) mass is 200 g/mol. The smallest absolute Gasteiger partial charge is 0.0524 e. The molecule has 2 N–H and O–H groups in total. The van der Waals surface area contributed by atoms with Gasteiger partial charge in [-0.2, -0.15) is 0 Å². The molecule has 3 nitrogen and oxygen atoms in total. The van der Waals surface area contributed by atoms with Gasteiger partial charge in [0, 0.05) is 32.2 Å². The Kier molecular flexibility index (Phi) is 4.85. The lowest BCUT2D eigenvalue weighted by molar-refractivity contribution is 0.0964. The van der Waals surface area contributed by atoms with Crippen molar-refractivity contribution in [3.63, 3.8) is 0 Å². The molecule has 0 aliphatic carbocycles. The highest BCUT2D eigenvalue weighted by atomic mass is 16.3. The molecule has 3 heteroatoms. The summed E-state index contributed by atoms with van der Waals surface area (Å²) in [5.41, 5.74) is 0. The Morgan fingerprint density at radius 2 is 2.14 bits per heavy atom. The molecule has 0 spiro atoms. The second kappa shape index (κ2) is 5.69. The van der Waals surface area contributed by atoms with Crippen LogP contribution >= 0.6 is 0 Å². The van der Waals surface area contributed by atoms with Crippen molar-refractivity contribution in [3.8, 4) is 0 Å². The minimum absolute atomic E-state index is 0.169. The number of hydrogen-bond acceptors (Lipinski definition) is 3. The Morgan fingerprint density at radius 3 is 2.71 bits per heavy atom. The Bertz CT molecular complexity index is 159. The van der Waals surface area contributed by atoms with E-state index in [-0.39, 0.29) is 6.10 Å². The van der Waals surface area contributed by atoms with Gasteiger partial charge in [-0.3, -0.25) is 4.90 Å². The van der Waals surface area contributed by atoms with Gasteiger partial charge in [0.2, 0.25) is 0 Å². The predicted octanol–water partition coefficient (Wildman–Crippen LogP) is 0.687. The highest BCUT2D eigenvalue weighted by Gasteiger charge is 2.24. The van der Waals surface area contributed by atoms with Crippen LogP contribution in [0.1, 0.15) is 27.2 Å². The van der Waals surface area contributed by atoms with Crippen LogP contribution in [0.5, 0.6) is 0 Å². The third kappa shape index (κ3) is 3.56. The van der Waals surface area contributed by atoms with Gasteiger partial charge in [-0.1, -0.05) is 13.8 Å². The van der Waals surface area contributed by atoms with E-state index in [1.165, 1.54) is 0 Å². The summed E-state index contributed by atoms with van der Waals surface area (Å²) in [7, 11) is 0. The van der Waals surface area contributed by atoms with E-state index >= 15 is 0 Å². The molecule has 0 radical (unpaired) electrons. The van der Waals surface area contributed by atoms with Crippen molar-refractivity contribution in [2.75, 3.05) is 26.2 Å². The maximum Gasteiger partial charge on any atom is 0.0524 e. The number of rotatable bonds is 4. The Hall–Kier alpha value is -0.120. The topological polar surface area (TPSA) is 35.5 Å². The molecule has 1 rings (SSSR count). The first kappa shape index (κ1) is 12.0. The predicted molar refractivity (Wildman–Crippen MR) is 59.4 cm³/mol. The fraction of sp³-hybridized carbons (Fsp3) is 1.00. The Morgan fingerprint density at radius 1 is 1.43 bits per heavy atom. The molecule has 1 aliphatic heterocycles. The van der Waals surface area contributed by atoms with Gasteiger partial charge in [-0.15, -0.1) is 0 Å². The van der Waals surface area contributed by atoms with E-state index in [4.69, 9.17) is 0 Å². The standard InChI is InChI=1S/C11H24N2O/c1-9(2)11-8-12-5-7-13(11)6-4-10(3)14/h9-12,14H,4-8H2,1-3H3. The normalized spacial score (nSPS) is 26.8. The van der Waals surface area contributed by atoms with Gasteiger partial charge in [0.1, 0.15) is 0 Å². The maximum absolute atomic E-state index is 9.27. The molecule has 2 atom stereocenters. The van der Waals surface area contributed by atoms with Crippen molar-refractivity contribution in [1.82, 2.24) is 10.2 Å². The summed E-state index contributed by atoms with van der Waals surface area (Å²) < 4.78 is 0. The molecule has 0 aromatic carbocycles. The molecule has 0 aromatic rings. The average Bonchev–Trinajstić information content (AvgIpc) is 2.15. The van der Waals surface area contributed by atoms with Crippen molar-refractivity contribution >= 4 is 0 Å². The summed E-state index contributed by atoms with van der Waals surface area (Å²) >= 11 is 0. The van der Waals surface area contributed by atoms with Gasteiger partial charge in [0.05, 0.1) is 6.10 Å². The zero-order valence-corrected chi connectivity index (χ0v) is 9.66. The van der Waals surface area contributed by atoms with Crippen molar-refractivity contribution in [2.45, 2.75) is 39.3 Å². The third-order valence-corrected chi connectivity index (χ3v) is 3.00. The van der Waals surface area contributed by atoms with Gasteiger partial charge in [-0.05, 0) is 19.3 Å². The lowest BCUT2D eigenvalue weighted by Crippen LogP contribution is -2.53. The molecule has 1 heterocycles. The molecule has 0 aromatic heterocycles.